The molecule has 9 heteroatoms. The van der Waals surface area contributed by atoms with Gasteiger partial charge in [0.05, 0.1) is 12.5 Å². The quantitative estimate of drug-likeness (QED) is 0.508. The lowest BCUT2D eigenvalue weighted by molar-refractivity contribution is 0.0240. The molecule has 4 rings (SSSR count). The van der Waals surface area contributed by atoms with Crippen molar-refractivity contribution in [2.75, 3.05) is 38.2 Å². The number of fused-ring (bicyclic) bond motifs is 1. The molecule has 0 radical (unpaired) electrons. The van der Waals surface area contributed by atoms with Crippen LogP contribution in [0.4, 0.5) is 10.6 Å². The molecule has 164 valence electrons. The number of rotatable bonds is 3. The van der Waals surface area contributed by atoms with Gasteiger partial charge in [-0.25, -0.2) is 9.78 Å². The van der Waals surface area contributed by atoms with E-state index in [1.165, 1.54) is 0 Å². The van der Waals surface area contributed by atoms with Gasteiger partial charge in [-0.2, -0.15) is 4.98 Å². The fraction of sp³-hybridized carbons (Fsp3) is 0.409. The second kappa shape index (κ2) is 8.51. The Bertz CT molecular complexity index is 1090. The van der Waals surface area contributed by atoms with Crippen molar-refractivity contribution < 1.29 is 14.3 Å². The number of methoxy groups -OCH3 is 1. The minimum Gasteiger partial charge on any atom is -0.497 e. The number of carbonyl (C=O) groups excluding carboxylic acids is 1. The van der Waals surface area contributed by atoms with Gasteiger partial charge in [-0.3, -0.25) is 0 Å². The highest BCUT2D eigenvalue weighted by Crippen LogP contribution is 2.39. The number of thiophene rings is 1. The standard InChI is InChI=1S/C22H25ClN4O3S/c1-22(2,3)30-21(28)27-11-9-26(10-12-27)18-17-16(13-31-19(17)25-20(23)24-18)14-5-7-15(29-4)8-6-14/h5-8,13H,9-12H2,1-4H3. The van der Waals surface area contributed by atoms with E-state index in [0.29, 0.717) is 26.2 Å². The van der Waals surface area contributed by atoms with E-state index < -0.39 is 5.60 Å². The van der Waals surface area contributed by atoms with Crippen LogP contribution >= 0.6 is 22.9 Å². The van der Waals surface area contributed by atoms with Crippen LogP contribution in [0.3, 0.4) is 0 Å². The molecule has 1 aromatic carbocycles. The van der Waals surface area contributed by atoms with Gasteiger partial charge in [0.25, 0.3) is 0 Å². The van der Waals surface area contributed by atoms with Crippen molar-refractivity contribution >= 4 is 45.1 Å². The van der Waals surface area contributed by atoms with E-state index in [1.807, 2.05) is 45.0 Å². The topological polar surface area (TPSA) is 67.8 Å². The molecule has 0 atom stereocenters. The third-order valence-electron chi connectivity index (χ3n) is 5.02. The summed E-state index contributed by atoms with van der Waals surface area (Å²) in [6.45, 7) is 8.01. The minimum atomic E-state index is -0.509. The molecule has 0 unspecified atom stereocenters. The number of anilines is 1. The van der Waals surface area contributed by atoms with Gasteiger partial charge in [-0.1, -0.05) is 12.1 Å². The Morgan fingerprint density at radius 2 is 1.77 bits per heavy atom. The van der Waals surface area contributed by atoms with Gasteiger partial charge in [0.1, 0.15) is 22.0 Å². The average Bonchev–Trinajstić information content (AvgIpc) is 3.16. The van der Waals surface area contributed by atoms with Crippen molar-refractivity contribution in [2.24, 2.45) is 0 Å². The molecule has 1 fully saturated rings. The Kier molecular flexibility index (Phi) is 5.94. The molecule has 2 aromatic heterocycles. The van der Waals surface area contributed by atoms with E-state index in [4.69, 9.17) is 21.1 Å². The lowest BCUT2D eigenvalue weighted by Crippen LogP contribution is -2.50. The first-order valence-electron chi connectivity index (χ1n) is 10.1. The molecule has 1 aliphatic rings. The number of hydrogen-bond donors (Lipinski definition) is 0. The van der Waals surface area contributed by atoms with Crippen LogP contribution in [-0.4, -0.2) is 59.9 Å². The number of nitrogens with zero attached hydrogens (tertiary/aromatic N) is 4. The number of amides is 1. The number of aromatic nitrogens is 2. The molecular formula is C22H25ClN4O3S. The second-order valence-corrected chi connectivity index (χ2v) is 9.52. The third kappa shape index (κ3) is 4.70. The summed E-state index contributed by atoms with van der Waals surface area (Å²) in [6, 6.07) is 7.93. The number of piperazine rings is 1. The van der Waals surface area contributed by atoms with E-state index >= 15 is 0 Å². The highest BCUT2D eigenvalue weighted by molar-refractivity contribution is 7.17. The molecule has 1 aliphatic heterocycles. The smallest absolute Gasteiger partial charge is 0.410 e. The first-order chi connectivity index (χ1) is 14.7. The van der Waals surface area contributed by atoms with Crippen LogP contribution in [0.15, 0.2) is 29.6 Å². The van der Waals surface area contributed by atoms with Gasteiger partial charge in [0.2, 0.25) is 5.28 Å². The van der Waals surface area contributed by atoms with Crippen LogP contribution in [0.2, 0.25) is 5.28 Å². The molecule has 0 bridgehead atoms. The number of halogens is 1. The van der Waals surface area contributed by atoms with Crippen molar-refractivity contribution in [3.05, 3.63) is 34.9 Å². The number of ether oxygens (including phenoxy) is 2. The van der Waals surface area contributed by atoms with Crippen LogP contribution in [0.1, 0.15) is 20.8 Å². The predicted molar refractivity (Wildman–Crippen MR) is 124 cm³/mol. The van der Waals surface area contributed by atoms with E-state index in [-0.39, 0.29) is 11.4 Å². The second-order valence-electron chi connectivity index (χ2n) is 8.33. The van der Waals surface area contributed by atoms with Crippen molar-refractivity contribution in [2.45, 2.75) is 26.4 Å². The lowest BCUT2D eigenvalue weighted by atomic mass is 10.1. The normalized spacial score (nSPS) is 14.7. The maximum absolute atomic E-state index is 12.4. The summed E-state index contributed by atoms with van der Waals surface area (Å²) in [4.78, 5) is 26.2. The molecule has 0 N–H and O–H groups in total. The number of carbonyl (C=O) groups is 1. The SMILES string of the molecule is COc1ccc(-c2csc3nc(Cl)nc(N4CCN(C(=O)OC(C)(C)C)CC4)c23)cc1. The maximum Gasteiger partial charge on any atom is 0.410 e. The first kappa shape index (κ1) is 21.6. The zero-order valence-corrected chi connectivity index (χ0v) is 19.6. The monoisotopic (exact) mass is 460 g/mol. The fourth-order valence-electron chi connectivity index (χ4n) is 3.54. The van der Waals surface area contributed by atoms with Crippen LogP contribution in [0.5, 0.6) is 5.75 Å². The van der Waals surface area contributed by atoms with E-state index in [0.717, 1.165) is 32.9 Å². The molecule has 0 saturated carbocycles. The predicted octanol–water partition coefficient (Wildman–Crippen LogP) is 5.08. The molecule has 0 aliphatic carbocycles. The summed E-state index contributed by atoms with van der Waals surface area (Å²) >= 11 is 7.79. The van der Waals surface area contributed by atoms with Gasteiger partial charge < -0.3 is 19.3 Å². The zero-order valence-electron chi connectivity index (χ0n) is 18.0. The summed E-state index contributed by atoms with van der Waals surface area (Å²) in [5.41, 5.74) is 1.61. The molecule has 3 aromatic rings. The zero-order chi connectivity index (χ0) is 22.2. The van der Waals surface area contributed by atoms with E-state index in [2.05, 4.69) is 20.2 Å². The molecule has 0 spiro atoms. The van der Waals surface area contributed by atoms with Crippen LogP contribution in [0.25, 0.3) is 21.3 Å². The highest BCUT2D eigenvalue weighted by atomic mass is 35.5. The summed E-state index contributed by atoms with van der Waals surface area (Å²) in [6.07, 6.45) is -0.285. The number of benzene rings is 1. The lowest BCUT2D eigenvalue weighted by Gasteiger charge is -2.36. The Labute approximate surface area is 190 Å². The van der Waals surface area contributed by atoms with E-state index in [1.54, 1.807) is 23.3 Å². The molecular weight excluding hydrogens is 436 g/mol. The molecule has 31 heavy (non-hydrogen) atoms. The number of hydrogen-bond acceptors (Lipinski definition) is 7. The van der Waals surface area contributed by atoms with Crippen molar-refractivity contribution in [1.29, 1.82) is 0 Å². The third-order valence-corrected chi connectivity index (χ3v) is 6.06. The molecule has 1 amide bonds. The highest BCUT2D eigenvalue weighted by Gasteiger charge is 2.28. The minimum absolute atomic E-state index is 0.222. The van der Waals surface area contributed by atoms with Crippen LogP contribution in [0, 0.1) is 0 Å². The Morgan fingerprint density at radius 1 is 1.10 bits per heavy atom. The Morgan fingerprint density at radius 3 is 2.39 bits per heavy atom. The van der Waals surface area contributed by atoms with E-state index in [9.17, 15) is 4.79 Å². The first-order valence-corrected chi connectivity index (χ1v) is 11.3. The summed E-state index contributed by atoms with van der Waals surface area (Å²) in [5, 5.41) is 3.28. The van der Waals surface area contributed by atoms with Crippen molar-refractivity contribution in [1.82, 2.24) is 14.9 Å². The van der Waals surface area contributed by atoms with Crippen molar-refractivity contribution in [3.8, 4) is 16.9 Å². The van der Waals surface area contributed by atoms with Crippen molar-refractivity contribution in [3.63, 3.8) is 0 Å². The summed E-state index contributed by atoms with van der Waals surface area (Å²) < 4.78 is 10.8. The molecule has 7 nitrogen and oxygen atoms in total. The average molecular weight is 461 g/mol. The Hall–Kier alpha value is -2.58. The van der Waals surface area contributed by atoms with Gasteiger partial charge in [-0.15, -0.1) is 11.3 Å². The Balaban J connectivity index is 1.62. The molecule has 1 saturated heterocycles. The molecule has 3 heterocycles. The van der Waals surface area contributed by atoms with Crippen LogP contribution < -0.4 is 9.64 Å². The largest absolute Gasteiger partial charge is 0.497 e. The fourth-order valence-corrected chi connectivity index (χ4v) is 4.69. The van der Waals surface area contributed by atoms with Gasteiger partial charge in [0, 0.05) is 37.1 Å². The maximum atomic E-state index is 12.4. The van der Waals surface area contributed by atoms with Crippen LogP contribution in [-0.2, 0) is 4.74 Å². The van der Waals surface area contributed by atoms with Gasteiger partial charge in [-0.05, 0) is 50.1 Å². The summed E-state index contributed by atoms with van der Waals surface area (Å²) in [5.74, 6) is 1.60. The van der Waals surface area contributed by atoms with Gasteiger partial charge >= 0.3 is 6.09 Å². The van der Waals surface area contributed by atoms with Gasteiger partial charge in [0.15, 0.2) is 0 Å². The summed E-state index contributed by atoms with van der Waals surface area (Å²) in [7, 11) is 1.65.